The molecule has 1 aromatic carbocycles. The van der Waals surface area contributed by atoms with E-state index in [9.17, 15) is 4.79 Å². The Labute approximate surface area is 134 Å². The van der Waals surface area contributed by atoms with Crippen LogP contribution in [0.25, 0.3) is 0 Å². The van der Waals surface area contributed by atoms with Crippen molar-refractivity contribution in [2.75, 3.05) is 33.7 Å². The van der Waals surface area contributed by atoms with Gasteiger partial charge in [0.2, 0.25) is 5.91 Å². The van der Waals surface area contributed by atoms with Gasteiger partial charge in [0.25, 0.3) is 0 Å². The first-order valence-corrected chi connectivity index (χ1v) is 8.27. The number of nitrogens with one attached hydrogen (secondary N) is 2. The predicted octanol–water partition coefficient (Wildman–Crippen LogP) is 2.10. The minimum Gasteiger partial charge on any atom is -0.354 e. The second-order valence-electron chi connectivity index (χ2n) is 6.54. The molecule has 1 aromatic rings. The zero-order valence-electron chi connectivity index (χ0n) is 14.1. The Balaban J connectivity index is 1.89. The third-order valence-corrected chi connectivity index (χ3v) is 4.60. The van der Waals surface area contributed by atoms with Gasteiger partial charge in [-0.05, 0) is 64.0 Å². The lowest BCUT2D eigenvalue weighted by Crippen LogP contribution is -2.37. The summed E-state index contributed by atoms with van der Waals surface area (Å²) in [6.07, 6.45) is 2.89. The zero-order valence-corrected chi connectivity index (χ0v) is 14.1. The molecule has 0 bridgehead atoms. The smallest absolute Gasteiger partial charge is 0.220 e. The van der Waals surface area contributed by atoms with Crippen molar-refractivity contribution in [3.8, 4) is 0 Å². The number of carbonyl (C=O) groups excluding carboxylic acids is 1. The van der Waals surface area contributed by atoms with Crippen molar-refractivity contribution in [1.29, 1.82) is 0 Å². The van der Waals surface area contributed by atoms with Crippen LogP contribution in [-0.2, 0) is 4.79 Å². The number of piperidine rings is 1. The van der Waals surface area contributed by atoms with E-state index in [0.29, 0.717) is 18.9 Å². The van der Waals surface area contributed by atoms with Gasteiger partial charge in [0.05, 0.1) is 6.04 Å². The highest BCUT2D eigenvalue weighted by Crippen LogP contribution is 2.21. The van der Waals surface area contributed by atoms with Gasteiger partial charge in [-0.2, -0.15) is 0 Å². The molecule has 1 amide bonds. The van der Waals surface area contributed by atoms with Gasteiger partial charge < -0.3 is 15.5 Å². The largest absolute Gasteiger partial charge is 0.354 e. The Morgan fingerprint density at radius 1 is 1.32 bits per heavy atom. The maximum Gasteiger partial charge on any atom is 0.220 e. The molecule has 2 N–H and O–H groups in total. The molecule has 0 spiro atoms. The first-order valence-electron chi connectivity index (χ1n) is 8.27. The van der Waals surface area contributed by atoms with Crippen molar-refractivity contribution in [2.24, 2.45) is 5.92 Å². The van der Waals surface area contributed by atoms with Gasteiger partial charge in [-0.25, -0.2) is 0 Å². The van der Waals surface area contributed by atoms with Gasteiger partial charge >= 0.3 is 0 Å². The second kappa shape index (κ2) is 8.30. The van der Waals surface area contributed by atoms with E-state index in [2.05, 4.69) is 60.8 Å². The minimum absolute atomic E-state index is 0.187. The first kappa shape index (κ1) is 17.0. The van der Waals surface area contributed by atoms with Gasteiger partial charge in [0, 0.05) is 13.0 Å². The molecule has 0 aliphatic carbocycles. The van der Waals surface area contributed by atoms with Gasteiger partial charge in [0.15, 0.2) is 0 Å². The normalized spacial score (nSPS) is 17.5. The molecule has 0 radical (unpaired) electrons. The summed E-state index contributed by atoms with van der Waals surface area (Å²) in [5.41, 5.74) is 2.56. The van der Waals surface area contributed by atoms with E-state index in [1.807, 2.05) is 0 Å². The van der Waals surface area contributed by atoms with Crippen molar-refractivity contribution in [3.63, 3.8) is 0 Å². The molecule has 1 aliphatic rings. The molecule has 122 valence electrons. The Bertz CT molecular complexity index is 481. The monoisotopic (exact) mass is 303 g/mol. The minimum atomic E-state index is 0.187. The Hall–Kier alpha value is -1.39. The SMILES string of the molecule is Cc1ccccc1C(CNC(=O)CC1CCNCC1)N(C)C. The summed E-state index contributed by atoms with van der Waals surface area (Å²) < 4.78 is 0. The number of aryl methyl sites for hydroxylation is 1. The summed E-state index contributed by atoms with van der Waals surface area (Å²) in [7, 11) is 4.13. The first-order chi connectivity index (χ1) is 10.6. The molecular formula is C18H29N3O. The fraction of sp³-hybridized carbons (Fsp3) is 0.611. The Morgan fingerprint density at radius 2 is 2.00 bits per heavy atom. The number of rotatable bonds is 6. The van der Waals surface area contributed by atoms with Gasteiger partial charge in [-0.1, -0.05) is 24.3 Å². The van der Waals surface area contributed by atoms with E-state index in [1.54, 1.807) is 0 Å². The van der Waals surface area contributed by atoms with Crippen LogP contribution in [0, 0.1) is 12.8 Å². The highest BCUT2D eigenvalue weighted by molar-refractivity contribution is 5.76. The van der Waals surface area contributed by atoms with Crippen LogP contribution in [0.4, 0.5) is 0 Å². The number of amides is 1. The van der Waals surface area contributed by atoms with Crippen molar-refractivity contribution >= 4 is 5.91 Å². The van der Waals surface area contributed by atoms with Crippen molar-refractivity contribution < 1.29 is 4.79 Å². The third kappa shape index (κ3) is 4.82. The number of benzene rings is 1. The van der Waals surface area contributed by atoms with Crippen LogP contribution in [-0.4, -0.2) is 44.5 Å². The molecular weight excluding hydrogens is 274 g/mol. The number of nitrogens with zero attached hydrogens (tertiary/aromatic N) is 1. The van der Waals surface area contributed by atoms with E-state index in [-0.39, 0.29) is 11.9 Å². The molecule has 1 unspecified atom stereocenters. The molecule has 1 atom stereocenters. The molecule has 4 nitrogen and oxygen atoms in total. The van der Waals surface area contributed by atoms with E-state index < -0.39 is 0 Å². The van der Waals surface area contributed by atoms with Gasteiger partial charge in [-0.3, -0.25) is 4.79 Å². The van der Waals surface area contributed by atoms with Crippen LogP contribution in [0.5, 0.6) is 0 Å². The average molecular weight is 303 g/mol. The van der Waals surface area contributed by atoms with Crippen molar-refractivity contribution in [2.45, 2.75) is 32.2 Å². The summed E-state index contributed by atoms with van der Waals surface area (Å²) in [6.45, 7) is 4.88. The van der Waals surface area contributed by atoms with Crippen LogP contribution < -0.4 is 10.6 Å². The van der Waals surface area contributed by atoms with E-state index in [1.165, 1.54) is 11.1 Å². The van der Waals surface area contributed by atoms with Crippen LogP contribution in [0.2, 0.25) is 0 Å². The van der Waals surface area contributed by atoms with Crippen LogP contribution in [0.1, 0.15) is 36.4 Å². The second-order valence-corrected chi connectivity index (χ2v) is 6.54. The lowest BCUT2D eigenvalue weighted by atomic mass is 9.94. The topological polar surface area (TPSA) is 44.4 Å². The molecule has 22 heavy (non-hydrogen) atoms. The van der Waals surface area contributed by atoms with Crippen molar-refractivity contribution in [3.05, 3.63) is 35.4 Å². The maximum atomic E-state index is 12.2. The van der Waals surface area contributed by atoms with E-state index >= 15 is 0 Å². The van der Waals surface area contributed by atoms with Gasteiger partial charge in [-0.15, -0.1) is 0 Å². The maximum absolute atomic E-state index is 12.2. The summed E-state index contributed by atoms with van der Waals surface area (Å²) in [6, 6.07) is 8.62. The fourth-order valence-electron chi connectivity index (χ4n) is 3.16. The number of carbonyl (C=O) groups is 1. The molecule has 1 fully saturated rings. The quantitative estimate of drug-likeness (QED) is 0.846. The lowest BCUT2D eigenvalue weighted by Gasteiger charge is -2.27. The molecule has 0 saturated carbocycles. The van der Waals surface area contributed by atoms with Crippen LogP contribution in [0.15, 0.2) is 24.3 Å². The third-order valence-electron chi connectivity index (χ3n) is 4.60. The molecule has 1 aliphatic heterocycles. The van der Waals surface area contributed by atoms with Crippen LogP contribution >= 0.6 is 0 Å². The zero-order chi connectivity index (χ0) is 15.9. The molecule has 1 heterocycles. The summed E-state index contributed by atoms with van der Waals surface area (Å²) in [5.74, 6) is 0.727. The highest BCUT2D eigenvalue weighted by Gasteiger charge is 2.19. The van der Waals surface area contributed by atoms with Crippen LogP contribution in [0.3, 0.4) is 0 Å². The fourth-order valence-corrected chi connectivity index (χ4v) is 3.16. The standard InChI is InChI=1S/C18H29N3O/c1-14-6-4-5-7-16(14)17(21(2)3)13-20-18(22)12-15-8-10-19-11-9-15/h4-7,15,17,19H,8-13H2,1-3H3,(H,20,22). The highest BCUT2D eigenvalue weighted by atomic mass is 16.1. The van der Waals surface area contributed by atoms with E-state index in [0.717, 1.165) is 25.9 Å². The number of hydrogen-bond donors (Lipinski definition) is 2. The summed E-state index contributed by atoms with van der Waals surface area (Å²) in [4.78, 5) is 14.4. The van der Waals surface area contributed by atoms with Crippen molar-refractivity contribution in [1.82, 2.24) is 15.5 Å². The summed E-state index contributed by atoms with van der Waals surface area (Å²) >= 11 is 0. The van der Waals surface area contributed by atoms with E-state index in [4.69, 9.17) is 0 Å². The lowest BCUT2D eigenvalue weighted by molar-refractivity contribution is -0.122. The average Bonchev–Trinajstić information content (AvgIpc) is 2.50. The number of likely N-dealkylation sites (N-methyl/N-ethyl adjacent to an activating group) is 1. The summed E-state index contributed by atoms with van der Waals surface area (Å²) in [5, 5.41) is 6.48. The Morgan fingerprint density at radius 3 is 2.64 bits per heavy atom. The van der Waals surface area contributed by atoms with Gasteiger partial charge in [0.1, 0.15) is 0 Å². The predicted molar refractivity (Wildman–Crippen MR) is 90.8 cm³/mol. The Kier molecular flexibility index (Phi) is 6.40. The molecule has 4 heteroatoms. The molecule has 0 aromatic heterocycles. The molecule has 2 rings (SSSR count). The molecule has 1 saturated heterocycles. The number of hydrogen-bond acceptors (Lipinski definition) is 3.